The van der Waals surface area contributed by atoms with Gasteiger partial charge in [-0.05, 0) is 36.4 Å². The summed E-state index contributed by atoms with van der Waals surface area (Å²) in [6.07, 6.45) is -0.512. The van der Waals surface area contributed by atoms with Crippen LogP contribution >= 0.6 is 11.3 Å². The molecular weight excluding hydrogens is 454 g/mol. The molecule has 0 aliphatic rings. The van der Waals surface area contributed by atoms with Crippen LogP contribution in [0.3, 0.4) is 0 Å². The Morgan fingerprint density at radius 2 is 1.88 bits per heavy atom. The number of aromatic amines is 1. The van der Waals surface area contributed by atoms with Gasteiger partial charge in [0, 0.05) is 11.1 Å². The summed E-state index contributed by atoms with van der Waals surface area (Å²) in [5.74, 6) is -1.00. The van der Waals surface area contributed by atoms with Crippen molar-refractivity contribution in [2.45, 2.75) is 6.10 Å². The van der Waals surface area contributed by atoms with E-state index in [4.69, 9.17) is 4.74 Å². The predicted octanol–water partition coefficient (Wildman–Crippen LogP) is 2.66. The minimum absolute atomic E-state index is 0.0927. The summed E-state index contributed by atoms with van der Waals surface area (Å²) in [6.45, 7) is 0. The molecule has 0 spiro atoms. The fourth-order valence-electron chi connectivity index (χ4n) is 2.84. The number of carbonyl (C=O) groups excluding carboxylic acids is 2. The minimum Gasteiger partial charge on any atom is -0.472 e. The van der Waals surface area contributed by atoms with E-state index in [1.54, 1.807) is 12.1 Å². The molecule has 32 heavy (non-hydrogen) atoms. The number of amides is 1. The first-order chi connectivity index (χ1) is 15.3. The van der Waals surface area contributed by atoms with Gasteiger partial charge in [0.05, 0.1) is 22.8 Å². The molecule has 3 N–H and O–H groups in total. The van der Waals surface area contributed by atoms with Crippen molar-refractivity contribution >= 4 is 55.7 Å². The van der Waals surface area contributed by atoms with Crippen LogP contribution in [0.4, 0.5) is 11.6 Å². The Labute approximate surface area is 186 Å². The van der Waals surface area contributed by atoms with E-state index in [1.807, 2.05) is 12.1 Å². The van der Waals surface area contributed by atoms with Gasteiger partial charge in [0.1, 0.15) is 11.4 Å². The summed E-state index contributed by atoms with van der Waals surface area (Å²) in [7, 11) is -3.44. The van der Waals surface area contributed by atoms with Crippen LogP contribution in [-0.4, -0.2) is 47.4 Å². The van der Waals surface area contributed by atoms with Crippen molar-refractivity contribution in [3.63, 3.8) is 0 Å². The molecule has 1 unspecified atom stereocenters. The first-order valence-corrected chi connectivity index (χ1v) is 12.0. The number of fused-ring (bicyclic) bond motifs is 1. The average molecular weight is 472 g/mol. The van der Waals surface area contributed by atoms with Crippen LogP contribution in [0.1, 0.15) is 10.5 Å². The van der Waals surface area contributed by atoms with Crippen LogP contribution in [-0.2, 0) is 14.8 Å². The maximum absolute atomic E-state index is 13.0. The second-order valence-electron chi connectivity index (χ2n) is 6.73. The van der Waals surface area contributed by atoms with Crippen molar-refractivity contribution in [3.05, 3.63) is 65.1 Å². The number of benzene rings is 2. The smallest absolute Gasteiger partial charge is 0.276 e. The molecule has 0 saturated carbocycles. The maximum atomic E-state index is 13.0. The van der Waals surface area contributed by atoms with Crippen molar-refractivity contribution in [3.8, 4) is 5.75 Å². The van der Waals surface area contributed by atoms with E-state index in [0.29, 0.717) is 11.2 Å². The lowest BCUT2D eigenvalue weighted by molar-refractivity contribution is -0.121. The number of hydrogen-bond donors (Lipinski definition) is 3. The maximum Gasteiger partial charge on any atom is 0.276 e. The molecule has 2 aromatic carbocycles. The third-order valence-corrected chi connectivity index (χ3v) is 5.40. The molecule has 0 bridgehead atoms. The molecule has 12 heteroatoms. The number of thiazole rings is 1. The number of imidazole rings is 1. The molecule has 2 heterocycles. The predicted molar refractivity (Wildman–Crippen MR) is 120 cm³/mol. The molecular formula is C20H17N5O5S2. The van der Waals surface area contributed by atoms with E-state index < -0.39 is 27.8 Å². The monoisotopic (exact) mass is 471 g/mol. The number of nitrogens with zero attached hydrogens (tertiary/aromatic N) is 2. The zero-order chi connectivity index (χ0) is 22.7. The van der Waals surface area contributed by atoms with Gasteiger partial charge in [-0.15, -0.1) is 11.3 Å². The molecule has 0 aliphatic heterocycles. The second kappa shape index (κ2) is 8.77. The lowest BCUT2D eigenvalue weighted by Crippen LogP contribution is -2.40. The second-order valence-corrected chi connectivity index (χ2v) is 9.19. The number of ether oxygens (including phenoxy) is 1. The van der Waals surface area contributed by atoms with E-state index in [1.165, 1.54) is 46.5 Å². The highest BCUT2D eigenvalue weighted by Crippen LogP contribution is 2.20. The third-order valence-electron chi connectivity index (χ3n) is 4.20. The number of aromatic nitrogens is 3. The Morgan fingerprint density at radius 1 is 1.12 bits per heavy atom. The van der Waals surface area contributed by atoms with Gasteiger partial charge in [-0.25, -0.2) is 18.4 Å². The highest BCUT2D eigenvalue weighted by Gasteiger charge is 2.32. The number of sulfonamides is 1. The molecule has 164 valence electrons. The Balaban J connectivity index is 1.57. The molecule has 1 amide bonds. The zero-order valence-corrected chi connectivity index (χ0v) is 18.2. The number of nitrogens with one attached hydrogen (secondary N) is 3. The summed E-state index contributed by atoms with van der Waals surface area (Å²) in [4.78, 5) is 37.1. The number of para-hydroxylation sites is 2. The van der Waals surface area contributed by atoms with Crippen molar-refractivity contribution in [2.75, 3.05) is 16.3 Å². The first-order valence-electron chi connectivity index (χ1n) is 9.21. The molecule has 2 aromatic heterocycles. The Kier molecular flexibility index (Phi) is 5.88. The van der Waals surface area contributed by atoms with E-state index >= 15 is 0 Å². The lowest BCUT2D eigenvalue weighted by atomic mass is 10.1. The summed E-state index contributed by atoms with van der Waals surface area (Å²) in [5, 5.41) is 4.09. The molecule has 0 saturated heterocycles. The number of anilines is 2. The topological polar surface area (TPSA) is 143 Å². The van der Waals surface area contributed by atoms with Crippen molar-refractivity contribution in [2.24, 2.45) is 0 Å². The average Bonchev–Trinajstić information content (AvgIpc) is 3.41. The van der Waals surface area contributed by atoms with Crippen LogP contribution < -0.4 is 14.8 Å². The highest BCUT2D eigenvalue weighted by molar-refractivity contribution is 7.92. The number of Topliss-reactive ketones (excluding diaryl/α,β-unsaturated/α-hetero) is 1. The van der Waals surface area contributed by atoms with Gasteiger partial charge in [0.2, 0.25) is 27.9 Å². The van der Waals surface area contributed by atoms with Gasteiger partial charge in [0.25, 0.3) is 5.91 Å². The fourth-order valence-corrected chi connectivity index (χ4v) is 3.95. The van der Waals surface area contributed by atoms with E-state index in [0.717, 1.165) is 11.8 Å². The largest absolute Gasteiger partial charge is 0.472 e. The Bertz CT molecular complexity index is 1330. The number of rotatable bonds is 8. The quantitative estimate of drug-likeness (QED) is 0.265. The van der Waals surface area contributed by atoms with Gasteiger partial charge >= 0.3 is 0 Å². The summed E-state index contributed by atoms with van der Waals surface area (Å²) >= 11 is 1.21. The number of H-pyrrole nitrogens is 1. The van der Waals surface area contributed by atoms with Gasteiger partial charge in [0.15, 0.2) is 0 Å². The standard InChI is InChI=1S/C20H17N5O5S2/c1-32(28,29)25-12-6-8-13(9-7-12)30-18(17(26)16-10-31-11-21-16)19(27)24-20-22-14-4-2-3-5-15(14)23-20/h2-11,18,25H,1H3,(H2,22,23,24,27). The first kappa shape index (κ1) is 21.5. The Morgan fingerprint density at radius 3 is 2.53 bits per heavy atom. The van der Waals surface area contributed by atoms with Crippen molar-refractivity contribution in [1.29, 1.82) is 0 Å². The SMILES string of the molecule is CS(=O)(=O)Nc1ccc(OC(C(=O)Nc2nc3ccccc3[nH]2)C(=O)c2cscn2)cc1. The summed E-state index contributed by atoms with van der Waals surface area (Å²) in [6, 6.07) is 13.0. The van der Waals surface area contributed by atoms with Crippen molar-refractivity contribution < 1.29 is 22.7 Å². The zero-order valence-electron chi connectivity index (χ0n) is 16.6. The van der Waals surface area contributed by atoms with E-state index in [9.17, 15) is 18.0 Å². The molecule has 0 fully saturated rings. The lowest BCUT2D eigenvalue weighted by Gasteiger charge is -2.16. The molecule has 10 nitrogen and oxygen atoms in total. The number of ketones is 1. The number of carbonyl (C=O) groups is 2. The van der Waals surface area contributed by atoms with Gasteiger partial charge in [-0.3, -0.25) is 19.6 Å². The van der Waals surface area contributed by atoms with Crippen LogP contribution in [0.15, 0.2) is 59.4 Å². The van der Waals surface area contributed by atoms with Crippen LogP contribution in [0.2, 0.25) is 0 Å². The van der Waals surface area contributed by atoms with Gasteiger partial charge in [-0.1, -0.05) is 12.1 Å². The summed E-state index contributed by atoms with van der Waals surface area (Å²) < 4.78 is 30.7. The number of hydrogen-bond acceptors (Lipinski definition) is 8. The van der Waals surface area contributed by atoms with Crippen LogP contribution in [0.25, 0.3) is 11.0 Å². The third kappa shape index (κ3) is 5.10. The van der Waals surface area contributed by atoms with Crippen LogP contribution in [0.5, 0.6) is 5.75 Å². The normalized spacial score (nSPS) is 12.3. The molecule has 0 radical (unpaired) electrons. The molecule has 4 rings (SSSR count). The molecule has 4 aromatic rings. The highest BCUT2D eigenvalue weighted by atomic mass is 32.2. The van der Waals surface area contributed by atoms with Crippen molar-refractivity contribution in [1.82, 2.24) is 15.0 Å². The minimum atomic E-state index is -3.44. The van der Waals surface area contributed by atoms with Gasteiger partial charge in [-0.2, -0.15) is 0 Å². The Hall–Kier alpha value is -3.77. The fraction of sp³-hybridized carbons (Fsp3) is 0.100. The van der Waals surface area contributed by atoms with Crippen LogP contribution in [0, 0.1) is 0 Å². The molecule has 0 aliphatic carbocycles. The van der Waals surface area contributed by atoms with Gasteiger partial charge < -0.3 is 9.72 Å². The molecule has 1 atom stereocenters. The van der Waals surface area contributed by atoms with E-state index in [-0.39, 0.29) is 17.4 Å². The van der Waals surface area contributed by atoms with E-state index in [2.05, 4.69) is 25.0 Å². The summed E-state index contributed by atoms with van der Waals surface area (Å²) in [5.41, 5.74) is 3.26.